The van der Waals surface area contributed by atoms with Crippen molar-refractivity contribution in [3.05, 3.63) is 58.5 Å². The molecule has 1 unspecified atom stereocenters. The summed E-state index contributed by atoms with van der Waals surface area (Å²) >= 11 is 0. The molecular weight excluding hydrogens is 332 g/mol. The second-order valence-electron chi connectivity index (χ2n) is 5.59. The molecule has 2 rings (SSSR count). The monoisotopic (exact) mass is 351 g/mol. The zero-order chi connectivity index (χ0) is 18.6. The Balaban J connectivity index is 2.27. The van der Waals surface area contributed by atoms with Gasteiger partial charge in [0.15, 0.2) is 5.76 Å². The highest BCUT2D eigenvalue weighted by Crippen LogP contribution is 2.24. The van der Waals surface area contributed by atoms with Crippen LogP contribution in [0.25, 0.3) is 0 Å². The Morgan fingerprint density at radius 1 is 1.24 bits per heavy atom. The summed E-state index contributed by atoms with van der Waals surface area (Å²) in [6.45, 7) is 3.58. The summed E-state index contributed by atoms with van der Waals surface area (Å²) in [6.07, 6.45) is 1.40. The van der Waals surface area contributed by atoms with Gasteiger partial charge in [-0.2, -0.15) is 0 Å². The molecule has 2 N–H and O–H groups in total. The summed E-state index contributed by atoms with van der Waals surface area (Å²) in [5.74, 6) is -3.25. The van der Waals surface area contributed by atoms with Gasteiger partial charge in [-0.1, -0.05) is 26.3 Å². The average Bonchev–Trinajstić information content (AvgIpc) is 2.99. The van der Waals surface area contributed by atoms with Crippen LogP contribution in [0, 0.1) is 11.6 Å². The zero-order valence-electron chi connectivity index (χ0n) is 13.9. The molecule has 1 aromatic heterocycles. The highest BCUT2D eigenvalue weighted by atomic mass is 19.1. The van der Waals surface area contributed by atoms with Gasteiger partial charge < -0.3 is 14.8 Å². The predicted molar refractivity (Wildman–Crippen MR) is 86.5 cm³/mol. The number of rotatable bonds is 7. The molecule has 7 heteroatoms. The van der Waals surface area contributed by atoms with Gasteiger partial charge in [0.2, 0.25) is 0 Å². The van der Waals surface area contributed by atoms with Crippen LogP contribution < -0.4 is 5.32 Å². The molecular formula is C18H19F2NO4. The average molecular weight is 351 g/mol. The minimum Gasteiger partial charge on any atom is -0.478 e. The van der Waals surface area contributed by atoms with E-state index in [2.05, 4.69) is 5.32 Å². The number of halogens is 2. The number of furan rings is 1. The van der Waals surface area contributed by atoms with E-state index in [1.54, 1.807) is 6.92 Å². The van der Waals surface area contributed by atoms with Crippen molar-refractivity contribution >= 4 is 11.9 Å². The highest BCUT2D eigenvalue weighted by molar-refractivity contribution is 5.96. The third-order valence-electron chi connectivity index (χ3n) is 3.80. The zero-order valence-corrected chi connectivity index (χ0v) is 13.9. The van der Waals surface area contributed by atoms with Gasteiger partial charge in [-0.05, 0) is 12.5 Å². The Bertz CT molecular complexity index is 785. The van der Waals surface area contributed by atoms with Crippen LogP contribution in [0.1, 0.15) is 65.0 Å². The van der Waals surface area contributed by atoms with Crippen molar-refractivity contribution in [3.8, 4) is 0 Å². The SMILES string of the molecule is CCCC(NC(=O)c1cc(C(=O)O)c(CC)o1)c1ccc(F)cc1F. The van der Waals surface area contributed by atoms with Crippen LogP contribution in [0.3, 0.4) is 0 Å². The van der Waals surface area contributed by atoms with Gasteiger partial charge >= 0.3 is 5.97 Å². The van der Waals surface area contributed by atoms with Gasteiger partial charge in [-0.3, -0.25) is 4.79 Å². The second kappa shape index (κ2) is 7.92. The van der Waals surface area contributed by atoms with Gasteiger partial charge in [0, 0.05) is 24.1 Å². The van der Waals surface area contributed by atoms with Gasteiger partial charge in [-0.15, -0.1) is 0 Å². The number of aromatic carboxylic acids is 1. The molecule has 5 nitrogen and oxygen atoms in total. The lowest BCUT2D eigenvalue weighted by molar-refractivity contribution is 0.0694. The van der Waals surface area contributed by atoms with Crippen LogP contribution in [0.2, 0.25) is 0 Å². The second-order valence-corrected chi connectivity index (χ2v) is 5.59. The number of carbonyl (C=O) groups is 2. The van der Waals surface area contributed by atoms with Crippen LogP contribution >= 0.6 is 0 Å². The smallest absolute Gasteiger partial charge is 0.339 e. The molecule has 25 heavy (non-hydrogen) atoms. The Labute approximate surface area is 143 Å². The summed E-state index contributed by atoms with van der Waals surface area (Å²) in [6, 6.07) is 3.64. The Kier molecular flexibility index (Phi) is 5.90. The minimum absolute atomic E-state index is 0.0762. The molecule has 0 radical (unpaired) electrons. The molecule has 0 spiro atoms. The van der Waals surface area contributed by atoms with Crippen molar-refractivity contribution in [2.45, 2.75) is 39.2 Å². The number of carboxylic acids is 1. The molecule has 0 aliphatic carbocycles. The molecule has 0 fully saturated rings. The fourth-order valence-electron chi connectivity index (χ4n) is 2.59. The lowest BCUT2D eigenvalue weighted by Gasteiger charge is -2.18. The maximum absolute atomic E-state index is 14.0. The van der Waals surface area contributed by atoms with Crippen molar-refractivity contribution in [1.82, 2.24) is 5.32 Å². The first-order valence-electron chi connectivity index (χ1n) is 7.99. The third kappa shape index (κ3) is 4.23. The third-order valence-corrected chi connectivity index (χ3v) is 3.80. The molecule has 0 saturated carbocycles. The number of amides is 1. The van der Waals surface area contributed by atoms with Gasteiger partial charge in [0.05, 0.1) is 6.04 Å². The normalized spacial score (nSPS) is 12.0. The van der Waals surface area contributed by atoms with Crippen molar-refractivity contribution in [1.29, 1.82) is 0 Å². The Morgan fingerprint density at radius 3 is 2.48 bits per heavy atom. The Hall–Kier alpha value is -2.70. The summed E-state index contributed by atoms with van der Waals surface area (Å²) in [5.41, 5.74) is 0.0879. The topological polar surface area (TPSA) is 79.5 Å². The van der Waals surface area contributed by atoms with Crippen LogP contribution in [0.5, 0.6) is 0 Å². The van der Waals surface area contributed by atoms with E-state index in [9.17, 15) is 18.4 Å². The highest BCUT2D eigenvalue weighted by Gasteiger charge is 2.23. The summed E-state index contributed by atoms with van der Waals surface area (Å²) < 4.78 is 32.4. The Morgan fingerprint density at radius 2 is 1.96 bits per heavy atom. The van der Waals surface area contributed by atoms with Crippen molar-refractivity contribution in [2.24, 2.45) is 0 Å². The lowest BCUT2D eigenvalue weighted by atomic mass is 10.0. The molecule has 1 amide bonds. The number of nitrogens with one attached hydrogen (secondary N) is 1. The van der Waals surface area contributed by atoms with E-state index >= 15 is 0 Å². The van der Waals surface area contributed by atoms with Crippen molar-refractivity contribution < 1.29 is 27.9 Å². The molecule has 134 valence electrons. The van der Waals surface area contributed by atoms with Crippen LogP contribution in [0.4, 0.5) is 8.78 Å². The maximum atomic E-state index is 14.0. The fourth-order valence-corrected chi connectivity index (χ4v) is 2.59. The molecule has 2 aromatic rings. The van der Waals surface area contributed by atoms with E-state index in [0.717, 1.165) is 18.2 Å². The number of carbonyl (C=O) groups excluding carboxylic acids is 1. The summed E-state index contributed by atoms with van der Waals surface area (Å²) in [7, 11) is 0. The largest absolute Gasteiger partial charge is 0.478 e. The van der Waals surface area contributed by atoms with E-state index in [1.165, 1.54) is 6.07 Å². The lowest BCUT2D eigenvalue weighted by Crippen LogP contribution is -2.29. The fraction of sp³-hybridized carbons (Fsp3) is 0.333. The predicted octanol–water partition coefficient (Wildman–Crippen LogP) is 4.09. The number of hydrogen-bond donors (Lipinski definition) is 2. The van der Waals surface area contributed by atoms with E-state index in [1.807, 2.05) is 6.92 Å². The maximum Gasteiger partial charge on any atom is 0.339 e. The molecule has 0 aliphatic heterocycles. The van der Waals surface area contributed by atoms with E-state index in [-0.39, 0.29) is 22.6 Å². The number of hydrogen-bond acceptors (Lipinski definition) is 3. The van der Waals surface area contributed by atoms with Crippen LogP contribution in [-0.4, -0.2) is 17.0 Å². The minimum atomic E-state index is -1.19. The van der Waals surface area contributed by atoms with E-state index < -0.39 is 29.6 Å². The van der Waals surface area contributed by atoms with E-state index in [0.29, 0.717) is 19.3 Å². The van der Waals surface area contributed by atoms with Gasteiger partial charge in [0.25, 0.3) is 5.91 Å². The summed E-state index contributed by atoms with van der Waals surface area (Å²) in [5, 5.41) is 11.7. The first-order valence-corrected chi connectivity index (χ1v) is 7.99. The molecule has 1 atom stereocenters. The quantitative estimate of drug-likeness (QED) is 0.787. The van der Waals surface area contributed by atoms with Gasteiger partial charge in [-0.25, -0.2) is 13.6 Å². The van der Waals surface area contributed by atoms with Crippen molar-refractivity contribution in [3.63, 3.8) is 0 Å². The van der Waals surface area contributed by atoms with Crippen molar-refractivity contribution in [2.75, 3.05) is 0 Å². The van der Waals surface area contributed by atoms with Gasteiger partial charge in [0.1, 0.15) is 23.0 Å². The first kappa shape index (κ1) is 18.6. The first-order chi connectivity index (χ1) is 11.9. The standard InChI is InChI=1S/C18H19F2NO4/c1-3-5-14(11-7-6-10(19)8-13(11)20)21-17(22)16-9-12(18(23)24)15(4-2)25-16/h6-9,14H,3-5H2,1-2H3,(H,21,22)(H,23,24). The van der Waals surface area contributed by atoms with Crippen LogP contribution in [0.15, 0.2) is 28.7 Å². The number of aryl methyl sites for hydroxylation is 1. The molecule has 0 aliphatic rings. The molecule has 1 heterocycles. The molecule has 1 aromatic carbocycles. The molecule has 0 saturated heterocycles. The summed E-state index contributed by atoms with van der Waals surface area (Å²) in [4.78, 5) is 23.6. The number of carboxylic acid groups (broad SMARTS) is 1. The van der Waals surface area contributed by atoms with Crippen LogP contribution in [-0.2, 0) is 6.42 Å². The van der Waals surface area contributed by atoms with E-state index in [4.69, 9.17) is 9.52 Å². The molecule has 0 bridgehead atoms. The number of benzene rings is 1.